The Morgan fingerprint density at radius 3 is 2.40 bits per heavy atom. The summed E-state index contributed by atoms with van der Waals surface area (Å²) in [6, 6.07) is 4.31. The first-order valence-electron chi connectivity index (χ1n) is 5.83. The Hall–Kier alpha value is -1.92. The topological polar surface area (TPSA) is 60.2 Å². The largest absolute Gasteiger partial charge is 0.416 e. The smallest absolute Gasteiger partial charge is 0.303 e. The van der Waals surface area contributed by atoms with E-state index < -0.39 is 34.5 Å². The number of aldehydes is 1. The summed E-state index contributed by atoms with van der Waals surface area (Å²) in [6.45, 7) is 2.33. The first-order chi connectivity index (χ1) is 9.08. The lowest BCUT2D eigenvalue weighted by Crippen LogP contribution is -2.29. The summed E-state index contributed by atoms with van der Waals surface area (Å²) in [6.07, 6.45) is -4.00. The standard InChI is InChI=1S/C13H14F3NO3/c1-12(2,8-18)11(7-17(19)20)9-4-3-5-10(6-9)13(14,15)16/h3-6,8,11H,7H2,1-2H3/t11-/m1/s1. The molecule has 0 saturated carbocycles. The molecule has 0 heterocycles. The summed E-state index contributed by atoms with van der Waals surface area (Å²) < 4.78 is 38.0. The maximum Gasteiger partial charge on any atom is 0.416 e. The van der Waals surface area contributed by atoms with Gasteiger partial charge in [-0.3, -0.25) is 10.1 Å². The number of hydrogen-bond acceptors (Lipinski definition) is 3. The van der Waals surface area contributed by atoms with Gasteiger partial charge in [0.2, 0.25) is 6.54 Å². The summed E-state index contributed by atoms with van der Waals surface area (Å²) in [4.78, 5) is 21.1. The number of benzene rings is 1. The number of rotatable bonds is 5. The average Bonchev–Trinajstić information content (AvgIpc) is 2.34. The van der Waals surface area contributed by atoms with E-state index in [-0.39, 0.29) is 5.56 Å². The van der Waals surface area contributed by atoms with Crippen LogP contribution < -0.4 is 0 Å². The molecule has 110 valence electrons. The lowest BCUT2D eigenvalue weighted by atomic mass is 9.75. The molecule has 0 saturated heterocycles. The molecule has 0 aromatic heterocycles. The molecule has 0 spiro atoms. The van der Waals surface area contributed by atoms with Gasteiger partial charge >= 0.3 is 6.18 Å². The molecule has 1 aromatic rings. The highest BCUT2D eigenvalue weighted by molar-refractivity contribution is 5.60. The van der Waals surface area contributed by atoms with Crippen LogP contribution >= 0.6 is 0 Å². The van der Waals surface area contributed by atoms with Gasteiger partial charge in [0.05, 0.1) is 11.5 Å². The summed E-state index contributed by atoms with van der Waals surface area (Å²) >= 11 is 0. The second-order valence-corrected chi connectivity index (χ2v) is 5.13. The Morgan fingerprint density at radius 1 is 1.35 bits per heavy atom. The van der Waals surface area contributed by atoms with Crippen molar-refractivity contribution >= 4 is 6.29 Å². The van der Waals surface area contributed by atoms with Gasteiger partial charge in [-0.25, -0.2) is 0 Å². The first kappa shape index (κ1) is 16.1. The van der Waals surface area contributed by atoms with Crippen LogP contribution in [-0.4, -0.2) is 17.8 Å². The van der Waals surface area contributed by atoms with Crippen molar-refractivity contribution in [1.82, 2.24) is 0 Å². The van der Waals surface area contributed by atoms with Gasteiger partial charge in [0, 0.05) is 10.3 Å². The van der Waals surface area contributed by atoms with Crippen LogP contribution in [0.25, 0.3) is 0 Å². The molecule has 0 fully saturated rings. The predicted octanol–water partition coefficient (Wildman–Crippen LogP) is 3.29. The van der Waals surface area contributed by atoms with E-state index in [2.05, 4.69) is 0 Å². The molecule has 0 N–H and O–H groups in total. The first-order valence-corrected chi connectivity index (χ1v) is 5.83. The average molecular weight is 289 g/mol. The molecule has 0 unspecified atom stereocenters. The summed E-state index contributed by atoms with van der Waals surface area (Å²) in [7, 11) is 0. The molecule has 0 aliphatic heterocycles. The third-order valence-electron chi connectivity index (χ3n) is 3.15. The van der Waals surface area contributed by atoms with Crippen LogP contribution in [0.2, 0.25) is 0 Å². The minimum atomic E-state index is -4.53. The monoisotopic (exact) mass is 289 g/mol. The van der Waals surface area contributed by atoms with Crippen LogP contribution in [0.4, 0.5) is 13.2 Å². The minimum Gasteiger partial charge on any atom is -0.303 e. The fourth-order valence-electron chi connectivity index (χ4n) is 1.93. The third kappa shape index (κ3) is 3.79. The Morgan fingerprint density at radius 2 is 1.95 bits per heavy atom. The molecule has 0 radical (unpaired) electrons. The molecule has 0 bridgehead atoms. The number of carbonyl (C=O) groups excluding carboxylic acids is 1. The van der Waals surface area contributed by atoms with Crippen LogP contribution in [0.3, 0.4) is 0 Å². The summed E-state index contributed by atoms with van der Waals surface area (Å²) in [5.41, 5.74) is -1.88. The van der Waals surface area contributed by atoms with E-state index in [1.807, 2.05) is 0 Å². The van der Waals surface area contributed by atoms with Crippen molar-refractivity contribution < 1.29 is 22.9 Å². The highest BCUT2D eigenvalue weighted by Crippen LogP contribution is 2.37. The van der Waals surface area contributed by atoms with Crippen LogP contribution in [-0.2, 0) is 11.0 Å². The van der Waals surface area contributed by atoms with Gasteiger partial charge in [0.15, 0.2) is 0 Å². The Labute approximate surface area is 113 Å². The zero-order valence-electron chi connectivity index (χ0n) is 11.0. The van der Waals surface area contributed by atoms with E-state index >= 15 is 0 Å². The maximum absolute atomic E-state index is 12.7. The van der Waals surface area contributed by atoms with Crippen LogP contribution in [0, 0.1) is 15.5 Å². The Bertz CT molecular complexity index is 512. The number of halogens is 3. The molecule has 0 aliphatic rings. The number of nitro groups is 1. The minimum absolute atomic E-state index is 0.133. The molecule has 20 heavy (non-hydrogen) atoms. The molecule has 1 aromatic carbocycles. The van der Waals surface area contributed by atoms with Crippen molar-refractivity contribution in [3.63, 3.8) is 0 Å². The SMILES string of the molecule is CC(C)(C=O)[C@H](C[N+](=O)[O-])c1cccc(C(F)(F)F)c1. The zero-order chi connectivity index (χ0) is 15.6. The van der Waals surface area contributed by atoms with Crippen molar-refractivity contribution in [2.75, 3.05) is 6.54 Å². The van der Waals surface area contributed by atoms with E-state index in [4.69, 9.17) is 0 Å². The van der Waals surface area contributed by atoms with Gasteiger partial charge < -0.3 is 4.79 Å². The molecular weight excluding hydrogens is 275 g/mol. The van der Waals surface area contributed by atoms with Crippen LogP contribution in [0.1, 0.15) is 30.9 Å². The second-order valence-electron chi connectivity index (χ2n) is 5.13. The van der Waals surface area contributed by atoms with E-state index in [0.29, 0.717) is 6.29 Å². The van der Waals surface area contributed by atoms with E-state index in [1.165, 1.54) is 26.0 Å². The number of carbonyl (C=O) groups is 1. The molecule has 7 heteroatoms. The molecule has 0 amide bonds. The fourth-order valence-corrected chi connectivity index (χ4v) is 1.93. The summed E-state index contributed by atoms with van der Waals surface area (Å²) in [5.74, 6) is -0.919. The lowest BCUT2D eigenvalue weighted by molar-refractivity contribution is -0.485. The highest BCUT2D eigenvalue weighted by atomic mass is 19.4. The summed E-state index contributed by atoms with van der Waals surface area (Å²) in [5, 5.41) is 10.7. The van der Waals surface area contributed by atoms with Crippen molar-refractivity contribution in [2.24, 2.45) is 5.41 Å². The van der Waals surface area contributed by atoms with Crippen molar-refractivity contribution in [3.8, 4) is 0 Å². The van der Waals surface area contributed by atoms with Gasteiger partial charge in [-0.1, -0.05) is 32.0 Å². The molecule has 0 aliphatic carbocycles. The maximum atomic E-state index is 12.7. The van der Waals surface area contributed by atoms with Crippen LogP contribution in [0.5, 0.6) is 0 Å². The normalized spacial score (nSPS) is 13.8. The highest BCUT2D eigenvalue weighted by Gasteiger charge is 2.37. The van der Waals surface area contributed by atoms with Gasteiger partial charge in [-0.05, 0) is 11.6 Å². The van der Waals surface area contributed by atoms with E-state index in [0.717, 1.165) is 12.1 Å². The van der Waals surface area contributed by atoms with Crippen molar-refractivity contribution in [1.29, 1.82) is 0 Å². The Balaban J connectivity index is 3.28. The quantitative estimate of drug-likeness (QED) is 0.475. The van der Waals surface area contributed by atoms with Crippen molar-refractivity contribution in [2.45, 2.75) is 25.9 Å². The fraction of sp³-hybridized carbons (Fsp3) is 0.462. The van der Waals surface area contributed by atoms with Gasteiger partial charge in [-0.2, -0.15) is 13.2 Å². The molecule has 4 nitrogen and oxygen atoms in total. The molecule has 1 atom stereocenters. The van der Waals surface area contributed by atoms with Gasteiger partial charge in [-0.15, -0.1) is 0 Å². The van der Waals surface area contributed by atoms with E-state index in [1.54, 1.807) is 0 Å². The Kier molecular flexibility index (Phi) is 4.52. The van der Waals surface area contributed by atoms with Crippen LogP contribution in [0.15, 0.2) is 24.3 Å². The predicted molar refractivity (Wildman–Crippen MR) is 65.9 cm³/mol. The zero-order valence-corrected chi connectivity index (χ0v) is 11.0. The third-order valence-corrected chi connectivity index (χ3v) is 3.15. The van der Waals surface area contributed by atoms with Gasteiger partial charge in [0.25, 0.3) is 0 Å². The second kappa shape index (κ2) is 5.60. The van der Waals surface area contributed by atoms with Crippen molar-refractivity contribution in [3.05, 3.63) is 45.5 Å². The molecular formula is C13H14F3NO3. The number of hydrogen-bond donors (Lipinski definition) is 0. The lowest BCUT2D eigenvalue weighted by Gasteiger charge is -2.26. The van der Waals surface area contributed by atoms with E-state index in [9.17, 15) is 28.1 Å². The number of alkyl halides is 3. The van der Waals surface area contributed by atoms with Gasteiger partial charge in [0.1, 0.15) is 6.29 Å². The number of nitrogens with zero attached hydrogens (tertiary/aromatic N) is 1. The molecule has 1 rings (SSSR count).